The van der Waals surface area contributed by atoms with Gasteiger partial charge in [0.2, 0.25) is 0 Å². The molecule has 1 aromatic carbocycles. The molecule has 0 aliphatic heterocycles. The minimum absolute atomic E-state index is 0.151. The van der Waals surface area contributed by atoms with Gasteiger partial charge in [-0.3, -0.25) is 0 Å². The molecular weight excluding hydrogens is 118 g/mol. The molecule has 0 unspecified atom stereocenters. The van der Waals surface area contributed by atoms with Crippen LogP contribution in [0.1, 0.15) is 0 Å². The topological polar surface area (TPSA) is 55.5 Å². The first-order chi connectivity index (χ1) is 4.33. The van der Waals surface area contributed by atoms with Crippen molar-refractivity contribution in [1.29, 1.82) is 0 Å². The summed E-state index contributed by atoms with van der Waals surface area (Å²) in [6.07, 6.45) is 0. The van der Waals surface area contributed by atoms with E-state index in [-0.39, 0.29) is 5.75 Å². The minimum Gasteiger partial charge on any atom is -0.508 e. The Kier molecular flexibility index (Phi) is 1.55. The molecule has 0 fully saturated rings. The van der Waals surface area contributed by atoms with Crippen LogP contribution in [0.3, 0.4) is 0 Å². The molecule has 0 saturated carbocycles. The van der Waals surface area contributed by atoms with E-state index >= 15 is 0 Å². The monoisotopic (exact) mass is 125 g/mol. The number of benzene rings is 1. The van der Waals surface area contributed by atoms with E-state index < -0.39 is 0 Å². The van der Waals surface area contributed by atoms with E-state index in [0.29, 0.717) is 5.75 Å². The first-order valence-corrected chi connectivity index (χ1v) is 2.48. The summed E-state index contributed by atoms with van der Waals surface area (Å²) in [5.41, 5.74) is 0. The van der Waals surface area contributed by atoms with Crippen molar-refractivity contribution < 1.29 is 9.94 Å². The molecule has 0 heterocycles. The van der Waals surface area contributed by atoms with Gasteiger partial charge in [-0.1, -0.05) is 6.07 Å². The fourth-order valence-corrected chi connectivity index (χ4v) is 0.557. The van der Waals surface area contributed by atoms with Gasteiger partial charge in [-0.2, -0.15) is 5.90 Å². The normalized spacial score (nSPS) is 9.00. The Bertz CT molecular complexity index is 200. The molecule has 0 aromatic heterocycles. The van der Waals surface area contributed by atoms with Gasteiger partial charge in [0, 0.05) is 6.07 Å². The zero-order chi connectivity index (χ0) is 6.69. The smallest absolute Gasteiger partial charge is 0.150 e. The van der Waals surface area contributed by atoms with Crippen LogP contribution in [-0.4, -0.2) is 5.11 Å². The van der Waals surface area contributed by atoms with Crippen molar-refractivity contribution in [2.75, 3.05) is 0 Å². The van der Waals surface area contributed by atoms with Crippen molar-refractivity contribution in [2.45, 2.75) is 0 Å². The second-order valence-corrected chi connectivity index (χ2v) is 1.62. The lowest BCUT2D eigenvalue weighted by molar-refractivity contribution is 0.332. The van der Waals surface area contributed by atoms with E-state index in [1.54, 1.807) is 18.2 Å². The van der Waals surface area contributed by atoms with E-state index in [9.17, 15) is 0 Å². The summed E-state index contributed by atoms with van der Waals surface area (Å²) in [5.74, 6) is 5.41. The quantitative estimate of drug-likeness (QED) is 0.541. The molecule has 0 radical (unpaired) electrons. The molecule has 3 N–H and O–H groups in total. The maximum Gasteiger partial charge on any atom is 0.150 e. The number of phenolic OH excluding ortho intramolecular Hbond substituents is 1. The molecule has 0 aliphatic carbocycles. The van der Waals surface area contributed by atoms with Crippen LogP contribution in [0.4, 0.5) is 0 Å². The molecule has 0 bridgehead atoms. The Balaban J connectivity index is 2.94. The minimum atomic E-state index is 0.151. The van der Waals surface area contributed by atoms with Gasteiger partial charge in [-0.05, 0) is 12.1 Å². The van der Waals surface area contributed by atoms with Crippen LogP contribution in [0.2, 0.25) is 0 Å². The molecule has 0 saturated heterocycles. The Morgan fingerprint density at radius 1 is 1.44 bits per heavy atom. The van der Waals surface area contributed by atoms with Crippen molar-refractivity contribution >= 4 is 0 Å². The summed E-state index contributed by atoms with van der Waals surface area (Å²) in [6, 6.07) is 6.28. The first kappa shape index (κ1) is 5.91. The lowest BCUT2D eigenvalue weighted by Gasteiger charge is -1.95. The number of nitrogens with two attached hydrogens (primary N) is 1. The molecule has 0 amide bonds. The third-order valence-corrected chi connectivity index (χ3v) is 0.954. The summed E-state index contributed by atoms with van der Waals surface area (Å²) in [5, 5.41) is 8.81. The summed E-state index contributed by atoms with van der Waals surface area (Å²) < 4.78 is 0. The van der Waals surface area contributed by atoms with Gasteiger partial charge in [0.15, 0.2) is 5.75 Å². The summed E-state index contributed by atoms with van der Waals surface area (Å²) in [6.45, 7) is 0. The van der Waals surface area contributed by atoms with Crippen LogP contribution in [0.15, 0.2) is 24.3 Å². The van der Waals surface area contributed by atoms with E-state index in [1.807, 2.05) is 0 Å². The second kappa shape index (κ2) is 2.37. The molecule has 1 aromatic rings. The highest BCUT2D eigenvalue weighted by molar-refractivity contribution is 5.31. The van der Waals surface area contributed by atoms with Crippen LogP contribution in [0.25, 0.3) is 0 Å². The van der Waals surface area contributed by atoms with Gasteiger partial charge in [0.25, 0.3) is 0 Å². The lowest BCUT2D eigenvalue weighted by atomic mass is 10.3. The maximum atomic E-state index is 8.81. The third-order valence-electron chi connectivity index (χ3n) is 0.954. The third kappa shape index (κ3) is 1.33. The van der Waals surface area contributed by atoms with Crippen LogP contribution in [0.5, 0.6) is 11.5 Å². The van der Waals surface area contributed by atoms with Crippen LogP contribution < -0.4 is 10.7 Å². The highest BCUT2D eigenvalue weighted by Gasteiger charge is 1.89. The molecule has 0 aliphatic rings. The number of phenols is 1. The molecular formula is C6H7NO2. The second-order valence-electron chi connectivity index (χ2n) is 1.62. The van der Waals surface area contributed by atoms with Gasteiger partial charge in [0.1, 0.15) is 5.75 Å². The molecule has 3 heteroatoms. The fourth-order valence-electron chi connectivity index (χ4n) is 0.557. The number of rotatable bonds is 1. The van der Waals surface area contributed by atoms with Gasteiger partial charge in [0.05, 0.1) is 0 Å². The summed E-state index contributed by atoms with van der Waals surface area (Å²) >= 11 is 0. The predicted octanol–water partition coefficient (Wildman–Crippen LogP) is 0.645. The SMILES string of the molecule is NOc1cccc(O)c1. The fraction of sp³-hybridized carbons (Fsp3) is 0. The van der Waals surface area contributed by atoms with Crippen molar-refractivity contribution in [2.24, 2.45) is 5.90 Å². The Morgan fingerprint density at radius 3 is 2.67 bits per heavy atom. The molecule has 1 rings (SSSR count). The summed E-state index contributed by atoms with van der Waals surface area (Å²) in [7, 11) is 0. The molecule has 0 spiro atoms. The van der Waals surface area contributed by atoms with E-state index in [0.717, 1.165) is 0 Å². The number of hydrogen-bond donors (Lipinski definition) is 2. The van der Waals surface area contributed by atoms with Crippen molar-refractivity contribution in [3.05, 3.63) is 24.3 Å². The zero-order valence-electron chi connectivity index (χ0n) is 4.74. The van der Waals surface area contributed by atoms with Gasteiger partial charge in [-0.15, -0.1) is 0 Å². The lowest BCUT2D eigenvalue weighted by Crippen LogP contribution is -2.00. The maximum absolute atomic E-state index is 8.81. The van der Waals surface area contributed by atoms with Gasteiger partial charge >= 0.3 is 0 Å². The number of aromatic hydroxyl groups is 1. The first-order valence-electron chi connectivity index (χ1n) is 2.48. The van der Waals surface area contributed by atoms with Gasteiger partial charge in [-0.25, -0.2) is 0 Å². The van der Waals surface area contributed by atoms with Crippen LogP contribution in [-0.2, 0) is 0 Å². The highest BCUT2D eigenvalue weighted by Crippen LogP contribution is 2.15. The Labute approximate surface area is 52.6 Å². The largest absolute Gasteiger partial charge is 0.508 e. The molecule has 48 valence electrons. The van der Waals surface area contributed by atoms with Crippen molar-refractivity contribution in [1.82, 2.24) is 0 Å². The van der Waals surface area contributed by atoms with Gasteiger partial charge < -0.3 is 9.94 Å². The average Bonchev–Trinajstić information content (AvgIpc) is 1.88. The van der Waals surface area contributed by atoms with E-state index in [2.05, 4.69) is 4.84 Å². The summed E-state index contributed by atoms with van der Waals surface area (Å²) in [4.78, 5) is 4.34. The number of hydrogen-bond acceptors (Lipinski definition) is 3. The molecule has 9 heavy (non-hydrogen) atoms. The highest BCUT2D eigenvalue weighted by atomic mass is 16.6. The molecule has 3 nitrogen and oxygen atoms in total. The Morgan fingerprint density at radius 2 is 2.22 bits per heavy atom. The van der Waals surface area contributed by atoms with Crippen LogP contribution >= 0.6 is 0 Å². The van der Waals surface area contributed by atoms with Crippen molar-refractivity contribution in [3.63, 3.8) is 0 Å². The average molecular weight is 125 g/mol. The van der Waals surface area contributed by atoms with E-state index in [1.165, 1.54) is 6.07 Å². The Hall–Kier alpha value is -1.22. The van der Waals surface area contributed by atoms with E-state index in [4.69, 9.17) is 11.0 Å². The predicted molar refractivity (Wildman–Crippen MR) is 32.9 cm³/mol. The zero-order valence-corrected chi connectivity index (χ0v) is 4.74. The van der Waals surface area contributed by atoms with Crippen LogP contribution in [0, 0.1) is 0 Å². The molecule has 0 atom stereocenters. The van der Waals surface area contributed by atoms with Crippen molar-refractivity contribution in [3.8, 4) is 11.5 Å². The standard InChI is InChI=1S/C6H7NO2/c7-9-6-3-1-2-5(8)4-6/h1-4,8H,7H2.